The molecular formula is C13H10N2O3S. The molecule has 0 unspecified atom stereocenters. The molecule has 5 nitrogen and oxygen atoms in total. The summed E-state index contributed by atoms with van der Waals surface area (Å²) in [7, 11) is 0. The van der Waals surface area contributed by atoms with Crippen LogP contribution in [0.5, 0.6) is 0 Å². The summed E-state index contributed by atoms with van der Waals surface area (Å²) >= 11 is 1.18. The Balaban J connectivity index is 2.81. The van der Waals surface area contributed by atoms with Crippen molar-refractivity contribution in [1.82, 2.24) is 0 Å². The number of nitrogens with zero attached hydrogens (tertiary/aromatic N) is 2. The van der Waals surface area contributed by atoms with Gasteiger partial charge < -0.3 is 0 Å². The molecule has 0 aliphatic heterocycles. The summed E-state index contributed by atoms with van der Waals surface area (Å²) in [4.78, 5) is 20.8. The first-order valence-corrected chi connectivity index (χ1v) is 6.33. The van der Waals surface area contributed by atoms with Crippen LogP contribution in [-0.4, -0.2) is 15.8 Å². The van der Waals surface area contributed by atoms with E-state index in [1.54, 1.807) is 0 Å². The van der Waals surface area contributed by atoms with Crippen LogP contribution in [-0.2, 0) is 4.79 Å². The molecule has 0 saturated heterocycles. The maximum absolute atomic E-state index is 10.7. The van der Waals surface area contributed by atoms with Crippen molar-refractivity contribution in [3.63, 3.8) is 0 Å². The highest BCUT2D eigenvalue weighted by molar-refractivity contribution is 8.13. The Morgan fingerprint density at radius 2 is 2.11 bits per heavy atom. The zero-order valence-corrected chi connectivity index (χ0v) is 11.0. The quantitative estimate of drug-likeness (QED) is 0.366. The molecule has 0 atom stereocenters. The molecule has 1 aromatic carbocycles. The predicted octanol–water partition coefficient (Wildman–Crippen LogP) is 2.49. The number of benzene rings is 1. The second-order valence-electron chi connectivity index (χ2n) is 3.53. The molecule has 1 aromatic rings. The summed E-state index contributed by atoms with van der Waals surface area (Å²) in [6.45, 7) is 1.48. The largest absolute Gasteiger partial charge is 0.288 e. The van der Waals surface area contributed by atoms with Crippen LogP contribution in [0.3, 0.4) is 0 Å². The number of rotatable bonds is 3. The molecule has 0 aliphatic carbocycles. The number of nitro groups is 1. The topological polar surface area (TPSA) is 84.0 Å². The Labute approximate surface area is 114 Å². The lowest BCUT2D eigenvalue weighted by Gasteiger charge is -1.94. The molecule has 0 spiro atoms. The Kier molecular flexibility index (Phi) is 5.59. The number of hydrogen-bond acceptors (Lipinski definition) is 5. The van der Waals surface area contributed by atoms with Crippen LogP contribution < -0.4 is 0 Å². The summed E-state index contributed by atoms with van der Waals surface area (Å²) in [6.07, 6.45) is 0.509. The van der Waals surface area contributed by atoms with E-state index < -0.39 is 4.92 Å². The molecule has 1 rings (SSSR count). The molecule has 0 heterocycles. The zero-order valence-electron chi connectivity index (χ0n) is 10.2. The van der Waals surface area contributed by atoms with Crippen LogP contribution in [0.15, 0.2) is 18.2 Å². The fourth-order valence-electron chi connectivity index (χ4n) is 1.26. The van der Waals surface area contributed by atoms with E-state index in [1.807, 2.05) is 6.07 Å². The van der Waals surface area contributed by atoms with Gasteiger partial charge in [0.15, 0.2) is 5.12 Å². The number of non-ortho nitro benzene ring substituents is 1. The monoisotopic (exact) mass is 274 g/mol. The van der Waals surface area contributed by atoms with Gasteiger partial charge in [-0.2, -0.15) is 5.26 Å². The van der Waals surface area contributed by atoms with Gasteiger partial charge in [-0.05, 0) is 6.07 Å². The van der Waals surface area contributed by atoms with Gasteiger partial charge >= 0.3 is 0 Å². The fourth-order valence-corrected chi connectivity index (χ4v) is 1.76. The van der Waals surface area contributed by atoms with Crippen molar-refractivity contribution in [1.29, 1.82) is 5.26 Å². The highest BCUT2D eigenvalue weighted by Gasteiger charge is 2.08. The van der Waals surface area contributed by atoms with Gasteiger partial charge in [0.2, 0.25) is 0 Å². The molecule has 0 amide bonds. The second-order valence-corrected chi connectivity index (χ2v) is 4.80. The SMILES string of the molecule is CC(=O)SCCC#Cc1cc(C#N)cc([N+](=O)[O-])c1. The van der Waals surface area contributed by atoms with Gasteiger partial charge in [0.25, 0.3) is 5.69 Å². The van der Waals surface area contributed by atoms with E-state index >= 15 is 0 Å². The van der Waals surface area contributed by atoms with Gasteiger partial charge in [0.05, 0.1) is 16.6 Å². The first-order valence-electron chi connectivity index (χ1n) is 5.34. The van der Waals surface area contributed by atoms with Gasteiger partial charge in [-0.15, -0.1) is 0 Å². The number of nitriles is 1. The lowest BCUT2D eigenvalue weighted by atomic mass is 10.1. The molecule has 0 fully saturated rings. The molecule has 0 aromatic heterocycles. The van der Waals surface area contributed by atoms with E-state index in [0.29, 0.717) is 17.7 Å². The van der Waals surface area contributed by atoms with E-state index in [1.165, 1.54) is 36.9 Å². The second kappa shape index (κ2) is 7.20. The average Bonchev–Trinajstić information content (AvgIpc) is 2.37. The number of nitro benzene ring substituents is 1. The minimum absolute atomic E-state index is 0.0314. The van der Waals surface area contributed by atoms with E-state index in [-0.39, 0.29) is 16.4 Å². The van der Waals surface area contributed by atoms with Gasteiger partial charge in [-0.1, -0.05) is 23.6 Å². The molecular weight excluding hydrogens is 264 g/mol. The van der Waals surface area contributed by atoms with Crippen molar-refractivity contribution in [2.24, 2.45) is 0 Å². The van der Waals surface area contributed by atoms with Crippen LogP contribution in [0, 0.1) is 33.3 Å². The van der Waals surface area contributed by atoms with E-state index in [9.17, 15) is 14.9 Å². The standard InChI is InChI=1S/C13H10N2O3S/c1-10(16)19-5-3-2-4-11-6-12(9-14)8-13(7-11)15(17)18/h6-8H,3,5H2,1H3. The van der Waals surface area contributed by atoms with Crippen molar-refractivity contribution in [2.75, 3.05) is 5.75 Å². The minimum atomic E-state index is -0.558. The van der Waals surface area contributed by atoms with Crippen LogP contribution in [0.1, 0.15) is 24.5 Å². The summed E-state index contributed by atoms with van der Waals surface area (Å²) in [5.41, 5.74) is 0.483. The summed E-state index contributed by atoms with van der Waals surface area (Å²) < 4.78 is 0. The van der Waals surface area contributed by atoms with Crippen molar-refractivity contribution >= 4 is 22.6 Å². The summed E-state index contributed by atoms with van der Waals surface area (Å²) in [6, 6.07) is 5.89. The van der Waals surface area contributed by atoms with Crippen LogP contribution in [0.4, 0.5) is 5.69 Å². The van der Waals surface area contributed by atoms with Gasteiger partial charge in [-0.25, -0.2) is 0 Å². The molecule has 0 aliphatic rings. The molecule has 0 saturated carbocycles. The smallest absolute Gasteiger partial charge is 0.271 e. The average molecular weight is 274 g/mol. The minimum Gasteiger partial charge on any atom is -0.288 e. The zero-order chi connectivity index (χ0) is 14.3. The van der Waals surface area contributed by atoms with Crippen LogP contribution in [0.2, 0.25) is 0 Å². The lowest BCUT2D eigenvalue weighted by Crippen LogP contribution is -1.90. The number of hydrogen-bond donors (Lipinski definition) is 0. The maximum atomic E-state index is 10.7. The molecule has 0 N–H and O–H groups in total. The highest BCUT2D eigenvalue weighted by Crippen LogP contribution is 2.16. The van der Waals surface area contributed by atoms with Gasteiger partial charge in [0.1, 0.15) is 0 Å². The summed E-state index contributed by atoms with van der Waals surface area (Å²) in [5.74, 6) is 6.16. The third kappa shape index (κ3) is 5.24. The third-order valence-electron chi connectivity index (χ3n) is 2.02. The predicted molar refractivity (Wildman–Crippen MR) is 72.4 cm³/mol. The van der Waals surface area contributed by atoms with Crippen molar-refractivity contribution < 1.29 is 9.72 Å². The van der Waals surface area contributed by atoms with E-state index in [4.69, 9.17) is 5.26 Å². The molecule has 0 bridgehead atoms. The van der Waals surface area contributed by atoms with Crippen LogP contribution >= 0.6 is 11.8 Å². The number of carbonyl (C=O) groups excluding carboxylic acids is 1. The molecule has 96 valence electrons. The lowest BCUT2D eigenvalue weighted by molar-refractivity contribution is -0.384. The van der Waals surface area contributed by atoms with Crippen LogP contribution in [0.25, 0.3) is 0 Å². The van der Waals surface area contributed by atoms with Gasteiger partial charge in [0, 0.05) is 36.8 Å². The first-order chi connectivity index (χ1) is 9.02. The third-order valence-corrected chi connectivity index (χ3v) is 2.84. The highest BCUT2D eigenvalue weighted by atomic mass is 32.2. The molecule has 6 heteroatoms. The van der Waals surface area contributed by atoms with E-state index in [2.05, 4.69) is 11.8 Å². The fraction of sp³-hybridized carbons (Fsp3) is 0.231. The molecule has 19 heavy (non-hydrogen) atoms. The molecule has 0 radical (unpaired) electrons. The summed E-state index contributed by atoms with van der Waals surface area (Å²) in [5, 5.41) is 19.5. The van der Waals surface area contributed by atoms with Crippen molar-refractivity contribution in [3.05, 3.63) is 39.4 Å². The Morgan fingerprint density at radius 3 is 2.68 bits per heavy atom. The maximum Gasteiger partial charge on any atom is 0.271 e. The number of carbonyl (C=O) groups is 1. The normalized spacial score (nSPS) is 9.05. The first kappa shape index (κ1) is 14.7. The van der Waals surface area contributed by atoms with Gasteiger partial charge in [-0.3, -0.25) is 14.9 Å². The Bertz CT molecular complexity index is 609. The van der Waals surface area contributed by atoms with Crippen molar-refractivity contribution in [2.45, 2.75) is 13.3 Å². The van der Waals surface area contributed by atoms with E-state index in [0.717, 1.165) is 0 Å². The van der Waals surface area contributed by atoms with Crippen molar-refractivity contribution in [3.8, 4) is 17.9 Å². The number of thioether (sulfide) groups is 1. The Morgan fingerprint density at radius 1 is 1.42 bits per heavy atom. The Hall–Kier alpha value is -2.31.